The summed E-state index contributed by atoms with van der Waals surface area (Å²) in [4.78, 5) is 2.99. The predicted molar refractivity (Wildman–Crippen MR) is 82.1 cm³/mol. The number of rotatable bonds is 3. The number of benzene rings is 1. The van der Waals surface area contributed by atoms with Crippen molar-refractivity contribution in [3.8, 4) is 5.75 Å². The molecule has 0 saturated heterocycles. The molecule has 1 aromatic carbocycles. The quantitative estimate of drug-likeness (QED) is 0.776. The van der Waals surface area contributed by atoms with Crippen molar-refractivity contribution in [3.05, 3.63) is 29.6 Å². The molecule has 1 aliphatic heterocycles. The van der Waals surface area contributed by atoms with Gasteiger partial charge in [0.05, 0.1) is 0 Å². The number of ether oxygens (including phenoxy) is 1. The van der Waals surface area contributed by atoms with E-state index in [0.29, 0.717) is 10.9 Å². The lowest BCUT2D eigenvalue weighted by atomic mass is 9.94. The van der Waals surface area contributed by atoms with E-state index in [1.165, 1.54) is 31.7 Å². The molecule has 2 aliphatic rings. The Kier molecular flexibility index (Phi) is 4.32. The molecule has 1 saturated carbocycles. The molecule has 1 aliphatic carbocycles. The Morgan fingerprint density at radius 1 is 1.35 bits per heavy atom. The molecule has 1 fully saturated rings. The third kappa shape index (κ3) is 3.01. The summed E-state index contributed by atoms with van der Waals surface area (Å²) in [5.41, 5.74) is 1.00. The zero-order chi connectivity index (χ0) is 14.1. The van der Waals surface area contributed by atoms with Crippen LogP contribution < -0.4 is 4.74 Å². The van der Waals surface area contributed by atoms with Gasteiger partial charge in [-0.05, 0) is 38.1 Å². The summed E-state index contributed by atoms with van der Waals surface area (Å²) < 4.78 is 19.2. The highest BCUT2D eigenvalue weighted by molar-refractivity contribution is 9.09. The van der Waals surface area contributed by atoms with Crippen LogP contribution in [0.25, 0.3) is 0 Å². The zero-order valence-corrected chi connectivity index (χ0v) is 13.4. The summed E-state index contributed by atoms with van der Waals surface area (Å²) in [6.45, 7) is 0.906. The number of hydrogen-bond acceptors (Lipinski definition) is 2. The molecule has 1 aromatic rings. The lowest BCUT2D eigenvalue weighted by molar-refractivity contribution is 0.124. The minimum Gasteiger partial charge on any atom is -0.488 e. The Morgan fingerprint density at radius 2 is 2.15 bits per heavy atom. The number of alkyl halides is 1. The van der Waals surface area contributed by atoms with E-state index in [2.05, 4.69) is 27.9 Å². The molecule has 0 aromatic heterocycles. The summed E-state index contributed by atoms with van der Waals surface area (Å²) in [7, 11) is 2.18. The molecule has 1 heterocycles. The fourth-order valence-electron chi connectivity index (χ4n) is 3.41. The van der Waals surface area contributed by atoms with Gasteiger partial charge in [-0.3, -0.25) is 4.90 Å². The number of likely N-dealkylation sites (N-methyl/N-ethyl adjacent to an activating group) is 1. The van der Waals surface area contributed by atoms with Crippen LogP contribution in [-0.2, 0) is 6.42 Å². The van der Waals surface area contributed by atoms with Crippen molar-refractivity contribution >= 4 is 15.9 Å². The van der Waals surface area contributed by atoms with E-state index in [9.17, 15) is 4.39 Å². The maximum Gasteiger partial charge on any atom is 0.123 e. The van der Waals surface area contributed by atoms with E-state index in [1.54, 1.807) is 12.1 Å². The van der Waals surface area contributed by atoms with Crippen LogP contribution in [0, 0.1) is 5.82 Å². The van der Waals surface area contributed by atoms with Crippen molar-refractivity contribution in [2.45, 2.75) is 49.1 Å². The van der Waals surface area contributed by atoms with Gasteiger partial charge in [-0.15, -0.1) is 0 Å². The topological polar surface area (TPSA) is 12.5 Å². The Bertz CT molecular complexity index is 482. The van der Waals surface area contributed by atoms with Gasteiger partial charge in [-0.25, -0.2) is 4.39 Å². The highest BCUT2D eigenvalue weighted by atomic mass is 79.9. The maximum absolute atomic E-state index is 13.2. The summed E-state index contributed by atoms with van der Waals surface area (Å²) in [5.74, 6) is 0.679. The minimum absolute atomic E-state index is 0.151. The van der Waals surface area contributed by atoms with Gasteiger partial charge < -0.3 is 4.74 Å². The van der Waals surface area contributed by atoms with Crippen LogP contribution in [0.4, 0.5) is 4.39 Å². The molecule has 0 radical (unpaired) electrons. The molecule has 0 bridgehead atoms. The summed E-state index contributed by atoms with van der Waals surface area (Å²) >= 11 is 3.81. The van der Waals surface area contributed by atoms with Crippen molar-refractivity contribution < 1.29 is 9.13 Å². The minimum atomic E-state index is -0.172. The first-order chi connectivity index (χ1) is 9.63. The molecule has 0 amide bonds. The van der Waals surface area contributed by atoms with E-state index in [4.69, 9.17) is 4.74 Å². The lowest BCUT2D eigenvalue weighted by Crippen LogP contribution is -2.44. The van der Waals surface area contributed by atoms with Gasteiger partial charge in [0, 0.05) is 29.4 Å². The van der Waals surface area contributed by atoms with Crippen LogP contribution in [0.5, 0.6) is 5.75 Å². The summed E-state index contributed by atoms with van der Waals surface area (Å²) in [6.07, 6.45) is 6.11. The molecular weight excluding hydrogens is 321 g/mol. The Labute approximate surface area is 128 Å². The molecule has 20 heavy (non-hydrogen) atoms. The molecule has 2 nitrogen and oxygen atoms in total. The molecule has 4 heteroatoms. The van der Waals surface area contributed by atoms with Crippen LogP contribution in [0.15, 0.2) is 18.2 Å². The van der Waals surface area contributed by atoms with Crippen LogP contribution in [0.1, 0.15) is 31.2 Å². The van der Waals surface area contributed by atoms with Gasteiger partial charge in [-0.2, -0.15) is 0 Å². The molecule has 0 spiro atoms. The molecule has 0 N–H and O–H groups in total. The highest BCUT2D eigenvalue weighted by Crippen LogP contribution is 2.32. The fraction of sp³-hybridized carbons (Fsp3) is 0.625. The lowest BCUT2D eigenvalue weighted by Gasteiger charge is -2.36. The third-order valence-corrected chi connectivity index (χ3v) is 5.54. The maximum atomic E-state index is 13.2. The van der Waals surface area contributed by atoms with Crippen LogP contribution in [0.2, 0.25) is 0 Å². The van der Waals surface area contributed by atoms with E-state index in [1.807, 2.05) is 0 Å². The monoisotopic (exact) mass is 341 g/mol. The standard InChI is InChI=1S/C16H21BrFNO/c1-19(15-5-3-2-4-14(15)17)10-13-9-11-8-12(18)6-7-16(11)20-13/h6-8,13-15H,2-5,9-10H2,1H3. The number of fused-ring (bicyclic) bond motifs is 1. The third-order valence-electron chi connectivity index (χ3n) is 4.47. The average molecular weight is 342 g/mol. The largest absolute Gasteiger partial charge is 0.488 e. The Hall–Kier alpha value is -0.610. The first-order valence-corrected chi connectivity index (χ1v) is 8.34. The SMILES string of the molecule is CN(CC1Cc2cc(F)ccc2O1)C1CCCCC1Br. The Morgan fingerprint density at radius 3 is 2.95 bits per heavy atom. The van der Waals surface area contributed by atoms with E-state index in [0.717, 1.165) is 24.3 Å². The predicted octanol–water partition coefficient (Wildman–Crippen LogP) is 3.77. The second-order valence-corrected chi connectivity index (χ2v) is 7.18. The van der Waals surface area contributed by atoms with E-state index >= 15 is 0 Å². The van der Waals surface area contributed by atoms with Gasteiger partial charge in [0.1, 0.15) is 17.7 Å². The van der Waals surface area contributed by atoms with Gasteiger partial charge in [0.25, 0.3) is 0 Å². The smallest absolute Gasteiger partial charge is 0.123 e. The second-order valence-electron chi connectivity index (χ2n) is 6.00. The Balaban J connectivity index is 1.59. The number of nitrogens with zero attached hydrogens (tertiary/aromatic N) is 1. The number of halogens is 2. The van der Waals surface area contributed by atoms with Gasteiger partial charge in [0.2, 0.25) is 0 Å². The van der Waals surface area contributed by atoms with Gasteiger partial charge in [0.15, 0.2) is 0 Å². The summed E-state index contributed by atoms with van der Waals surface area (Å²) in [6, 6.07) is 5.41. The van der Waals surface area contributed by atoms with Gasteiger partial charge >= 0.3 is 0 Å². The molecule has 3 unspecified atom stereocenters. The molecule has 110 valence electrons. The highest BCUT2D eigenvalue weighted by Gasteiger charge is 2.30. The summed E-state index contributed by atoms with van der Waals surface area (Å²) in [5, 5.41) is 0. The van der Waals surface area contributed by atoms with E-state index in [-0.39, 0.29) is 11.9 Å². The van der Waals surface area contributed by atoms with Crippen molar-refractivity contribution in [2.24, 2.45) is 0 Å². The van der Waals surface area contributed by atoms with E-state index < -0.39 is 0 Å². The van der Waals surface area contributed by atoms with Gasteiger partial charge in [-0.1, -0.05) is 28.8 Å². The molecule has 3 rings (SSSR count). The number of hydrogen-bond donors (Lipinski definition) is 0. The molecular formula is C16H21BrFNO. The van der Waals surface area contributed by atoms with Crippen LogP contribution in [0.3, 0.4) is 0 Å². The van der Waals surface area contributed by atoms with Crippen molar-refractivity contribution in [2.75, 3.05) is 13.6 Å². The van der Waals surface area contributed by atoms with Crippen LogP contribution in [-0.4, -0.2) is 35.5 Å². The first-order valence-electron chi connectivity index (χ1n) is 7.43. The van der Waals surface area contributed by atoms with Crippen LogP contribution >= 0.6 is 15.9 Å². The van der Waals surface area contributed by atoms with Crippen molar-refractivity contribution in [1.29, 1.82) is 0 Å². The first kappa shape index (κ1) is 14.3. The normalized spacial score (nSPS) is 29.3. The zero-order valence-electron chi connectivity index (χ0n) is 11.8. The fourth-order valence-corrected chi connectivity index (χ4v) is 4.40. The average Bonchev–Trinajstić information content (AvgIpc) is 2.80. The van der Waals surface area contributed by atoms with Crippen molar-refractivity contribution in [3.63, 3.8) is 0 Å². The molecule has 3 atom stereocenters. The second kappa shape index (κ2) is 6.02. The van der Waals surface area contributed by atoms with Crippen molar-refractivity contribution in [1.82, 2.24) is 4.90 Å².